The van der Waals surface area contributed by atoms with Crippen molar-refractivity contribution < 1.29 is 17.6 Å². The minimum absolute atomic E-state index is 0.0346. The molecule has 1 amide bonds. The van der Waals surface area contributed by atoms with Crippen LogP contribution in [0.4, 0.5) is 4.39 Å². The number of carbonyl (C=O) groups is 1. The molecule has 0 aromatic heterocycles. The molecule has 0 radical (unpaired) electrons. The molecule has 0 bridgehead atoms. The van der Waals surface area contributed by atoms with Crippen LogP contribution in [0.15, 0.2) is 40.8 Å². The molecule has 5 nitrogen and oxygen atoms in total. The highest BCUT2D eigenvalue weighted by atomic mass is 32.2. The van der Waals surface area contributed by atoms with Crippen LogP contribution in [0.2, 0.25) is 0 Å². The van der Waals surface area contributed by atoms with Crippen molar-refractivity contribution in [2.45, 2.75) is 32.6 Å². The fraction of sp³-hybridized carbons (Fsp3) is 0.550. The molecule has 2 fully saturated rings. The van der Waals surface area contributed by atoms with Gasteiger partial charge in [-0.25, -0.2) is 12.8 Å². The fourth-order valence-corrected chi connectivity index (χ4v) is 5.34. The summed E-state index contributed by atoms with van der Waals surface area (Å²) in [6, 6.07) is 4.84. The maximum Gasteiger partial charge on any atom is 0.243 e. The summed E-state index contributed by atoms with van der Waals surface area (Å²) in [6.45, 7) is 9.56. The number of carbonyl (C=O) groups excluding carboxylic acids is 1. The van der Waals surface area contributed by atoms with Crippen molar-refractivity contribution in [2.75, 3.05) is 26.2 Å². The van der Waals surface area contributed by atoms with Crippen molar-refractivity contribution in [3.05, 3.63) is 41.7 Å². The van der Waals surface area contributed by atoms with Crippen LogP contribution < -0.4 is 0 Å². The Labute approximate surface area is 160 Å². The first-order valence-corrected chi connectivity index (χ1v) is 10.7. The molecular weight excluding hydrogens is 367 g/mol. The van der Waals surface area contributed by atoms with Crippen LogP contribution in [0.5, 0.6) is 0 Å². The summed E-state index contributed by atoms with van der Waals surface area (Å²) in [7, 11) is -3.66. The van der Waals surface area contributed by atoms with Gasteiger partial charge >= 0.3 is 0 Å². The largest absolute Gasteiger partial charge is 0.340 e. The van der Waals surface area contributed by atoms with Gasteiger partial charge in [-0.2, -0.15) is 4.31 Å². The number of hydrogen-bond acceptors (Lipinski definition) is 3. The Morgan fingerprint density at radius 3 is 2.19 bits per heavy atom. The third-order valence-electron chi connectivity index (χ3n) is 5.69. The number of hydrogen-bond donors (Lipinski definition) is 0. The number of amides is 1. The van der Waals surface area contributed by atoms with Gasteiger partial charge in [0.1, 0.15) is 5.82 Å². The van der Waals surface area contributed by atoms with Gasteiger partial charge in [0.25, 0.3) is 0 Å². The number of benzene rings is 1. The van der Waals surface area contributed by atoms with Crippen molar-refractivity contribution in [3.63, 3.8) is 0 Å². The number of sulfonamides is 1. The third kappa shape index (κ3) is 3.80. The van der Waals surface area contributed by atoms with Crippen LogP contribution in [0.3, 0.4) is 0 Å². The van der Waals surface area contributed by atoms with Crippen LogP contribution in [0.25, 0.3) is 0 Å². The average Bonchev–Trinajstić information content (AvgIpc) is 3.14. The van der Waals surface area contributed by atoms with Gasteiger partial charge in [-0.15, -0.1) is 0 Å². The lowest BCUT2D eigenvalue weighted by molar-refractivity contribution is -0.134. The van der Waals surface area contributed by atoms with E-state index < -0.39 is 15.8 Å². The molecule has 148 valence electrons. The molecule has 7 heteroatoms. The highest BCUT2D eigenvalue weighted by molar-refractivity contribution is 7.89. The normalized spacial score (nSPS) is 25.1. The van der Waals surface area contributed by atoms with E-state index in [0.29, 0.717) is 13.1 Å². The zero-order chi connectivity index (χ0) is 20.0. The Bertz CT molecular complexity index is 850. The number of piperazine rings is 1. The summed E-state index contributed by atoms with van der Waals surface area (Å²) in [4.78, 5) is 14.8. The van der Waals surface area contributed by atoms with E-state index >= 15 is 0 Å². The van der Waals surface area contributed by atoms with Crippen molar-refractivity contribution in [3.8, 4) is 0 Å². The summed E-state index contributed by atoms with van der Waals surface area (Å²) < 4.78 is 39.8. The van der Waals surface area contributed by atoms with E-state index in [1.165, 1.54) is 22.0 Å². The smallest absolute Gasteiger partial charge is 0.243 e. The lowest BCUT2D eigenvalue weighted by Gasteiger charge is -2.34. The van der Waals surface area contributed by atoms with Gasteiger partial charge < -0.3 is 4.90 Å². The molecule has 1 aliphatic carbocycles. The van der Waals surface area contributed by atoms with E-state index in [0.717, 1.165) is 12.1 Å². The molecule has 3 rings (SSSR count). The molecule has 0 unspecified atom stereocenters. The molecule has 0 N–H and O–H groups in total. The maximum absolute atomic E-state index is 13.1. The molecule has 1 aromatic rings. The van der Waals surface area contributed by atoms with E-state index in [1.807, 2.05) is 13.8 Å². The Morgan fingerprint density at radius 2 is 1.67 bits per heavy atom. The molecule has 0 spiro atoms. The van der Waals surface area contributed by atoms with E-state index in [-0.39, 0.29) is 41.1 Å². The minimum atomic E-state index is -3.66. The average molecular weight is 395 g/mol. The quantitative estimate of drug-likeness (QED) is 0.738. The predicted octanol–water partition coefficient (Wildman–Crippen LogP) is 2.90. The van der Waals surface area contributed by atoms with Crippen molar-refractivity contribution in [2.24, 2.45) is 17.3 Å². The van der Waals surface area contributed by atoms with Gasteiger partial charge in [0.15, 0.2) is 0 Å². The van der Waals surface area contributed by atoms with Crippen molar-refractivity contribution in [1.29, 1.82) is 0 Å². The third-order valence-corrected chi connectivity index (χ3v) is 7.60. The second-order valence-corrected chi connectivity index (χ2v) is 10.2. The molecule has 1 saturated carbocycles. The highest BCUT2D eigenvalue weighted by Gasteiger charge is 2.61. The Morgan fingerprint density at radius 1 is 1.11 bits per heavy atom. The summed E-state index contributed by atoms with van der Waals surface area (Å²) in [5.74, 6) is -0.146. The van der Waals surface area contributed by atoms with E-state index in [9.17, 15) is 17.6 Å². The van der Waals surface area contributed by atoms with Crippen LogP contribution in [-0.2, 0) is 14.8 Å². The van der Waals surface area contributed by atoms with Crippen LogP contribution in [-0.4, -0.2) is 49.7 Å². The fourth-order valence-electron chi connectivity index (χ4n) is 3.92. The zero-order valence-corrected chi connectivity index (χ0v) is 17.1. The van der Waals surface area contributed by atoms with Gasteiger partial charge in [0.2, 0.25) is 15.9 Å². The van der Waals surface area contributed by atoms with E-state index in [1.54, 1.807) is 4.90 Å². The number of nitrogens with zero attached hydrogens (tertiary/aromatic N) is 2. The van der Waals surface area contributed by atoms with Gasteiger partial charge in [-0.3, -0.25) is 4.79 Å². The van der Waals surface area contributed by atoms with Crippen molar-refractivity contribution in [1.82, 2.24) is 9.21 Å². The summed E-state index contributed by atoms with van der Waals surface area (Å²) >= 11 is 0. The standard InChI is InChI=1S/C20H27FN2O3S/c1-14(2)13-17-18(20(17,3)4)19(24)22-9-11-23(12-10-22)27(25,26)16-7-5-15(21)6-8-16/h5-8,13,17-18H,9-12H2,1-4H3/t17-,18-/m1/s1. The van der Waals surface area contributed by atoms with Crippen molar-refractivity contribution >= 4 is 15.9 Å². The topological polar surface area (TPSA) is 57.7 Å². The molecule has 2 atom stereocenters. The lowest BCUT2D eigenvalue weighted by Crippen LogP contribution is -2.51. The summed E-state index contributed by atoms with van der Waals surface area (Å²) in [5, 5.41) is 0. The number of rotatable bonds is 4. The highest BCUT2D eigenvalue weighted by Crippen LogP contribution is 2.60. The molecular formula is C20H27FN2O3S. The van der Waals surface area contributed by atoms with Gasteiger partial charge in [-0.05, 0) is 49.4 Å². The zero-order valence-electron chi connectivity index (χ0n) is 16.3. The second-order valence-electron chi connectivity index (χ2n) is 8.25. The van der Waals surface area contributed by atoms with Gasteiger partial charge in [0, 0.05) is 26.2 Å². The number of halogens is 1. The Kier molecular flexibility index (Phi) is 5.20. The monoisotopic (exact) mass is 394 g/mol. The van der Waals surface area contributed by atoms with Crippen LogP contribution >= 0.6 is 0 Å². The van der Waals surface area contributed by atoms with E-state index in [4.69, 9.17) is 0 Å². The SMILES string of the molecule is CC(C)=C[C@@H]1[C@H](C(=O)N2CCN(S(=O)(=O)c3ccc(F)cc3)CC2)C1(C)C. The minimum Gasteiger partial charge on any atom is -0.340 e. The molecule has 27 heavy (non-hydrogen) atoms. The maximum atomic E-state index is 13.1. The predicted molar refractivity (Wildman–Crippen MR) is 102 cm³/mol. The number of allylic oxidation sites excluding steroid dienone is 2. The van der Waals surface area contributed by atoms with E-state index in [2.05, 4.69) is 19.9 Å². The van der Waals surface area contributed by atoms with Gasteiger partial charge in [-0.1, -0.05) is 25.5 Å². The molecule has 1 saturated heterocycles. The van der Waals surface area contributed by atoms with Crippen LogP contribution in [0.1, 0.15) is 27.7 Å². The first kappa shape index (κ1) is 20.0. The lowest BCUT2D eigenvalue weighted by atomic mass is 10.1. The molecule has 1 aromatic carbocycles. The molecule has 1 aliphatic heterocycles. The van der Waals surface area contributed by atoms with Gasteiger partial charge in [0.05, 0.1) is 10.8 Å². The Hall–Kier alpha value is -1.73. The first-order valence-electron chi connectivity index (χ1n) is 9.24. The summed E-state index contributed by atoms with van der Waals surface area (Å²) in [6.07, 6.45) is 2.16. The second kappa shape index (κ2) is 7.02. The summed E-state index contributed by atoms with van der Waals surface area (Å²) in [5.41, 5.74) is 1.16. The first-order chi connectivity index (χ1) is 12.5. The van der Waals surface area contributed by atoms with Crippen LogP contribution in [0, 0.1) is 23.1 Å². The Balaban J connectivity index is 1.65. The molecule has 1 heterocycles. The molecule has 2 aliphatic rings.